The molecule has 0 aliphatic rings. The molecule has 2 N–H and O–H groups in total. The molecule has 102 valence electrons. The van der Waals surface area contributed by atoms with Crippen LogP contribution >= 0.6 is 15.9 Å². The van der Waals surface area contributed by atoms with Crippen LogP contribution in [0.25, 0.3) is 0 Å². The van der Waals surface area contributed by atoms with Crippen LogP contribution in [0.1, 0.15) is 20.8 Å². The van der Waals surface area contributed by atoms with E-state index in [-0.39, 0.29) is 11.4 Å². The average Bonchev–Trinajstić information content (AvgIpc) is 2.41. The summed E-state index contributed by atoms with van der Waals surface area (Å²) in [5, 5.41) is 11.3. The van der Waals surface area contributed by atoms with Gasteiger partial charge >= 0.3 is 5.97 Å². The summed E-state index contributed by atoms with van der Waals surface area (Å²) in [7, 11) is 0. The third-order valence-corrected chi connectivity index (χ3v) is 2.88. The number of anilines is 1. The Morgan fingerprint density at radius 3 is 2.60 bits per heavy atom. The van der Waals surface area contributed by atoms with Gasteiger partial charge < -0.3 is 10.4 Å². The zero-order valence-electron chi connectivity index (χ0n) is 9.93. The van der Waals surface area contributed by atoms with Crippen LogP contribution in [0.4, 0.5) is 10.1 Å². The number of benzene rings is 1. The number of rotatable bonds is 3. The van der Waals surface area contributed by atoms with Crippen LogP contribution in [0.2, 0.25) is 0 Å². The number of carbonyl (C=O) groups excluding carboxylic acids is 1. The third-order valence-electron chi connectivity index (χ3n) is 2.41. The van der Waals surface area contributed by atoms with Gasteiger partial charge in [0.25, 0.3) is 5.91 Å². The molecule has 0 aliphatic carbocycles. The molecule has 0 saturated carbocycles. The molecule has 0 fully saturated rings. The predicted molar refractivity (Wildman–Crippen MR) is 73.2 cm³/mol. The molecule has 0 unspecified atom stereocenters. The molecule has 0 radical (unpaired) electrons. The van der Waals surface area contributed by atoms with Crippen LogP contribution in [-0.4, -0.2) is 22.0 Å². The van der Waals surface area contributed by atoms with Crippen molar-refractivity contribution < 1.29 is 19.1 Å². The monoisotopic (exact) mass is 338 g/mol. The highest BCUT2D eigenvalue weighted by atomic mass is 79.9. The van der Waals surface area contributed by atoms with Gasteiger partial charge in [-0.15, -0.1) is 0 Å². The highest BCUT2D eigenvalue weighted by Gasteiger charge is 2.13. The first kappa shape index (κ1) is 14.1. The van der Waals surface area contributed by atoms with Gasteiger partial charge in [-0.25, -0.2) is 14.2 Å². The summed E-state index contributed by atoms with van der Waals surface area (Å²) in [5.41, 5.74) is -0.167. The first-order valence-electron chi connectivity index (χ1n) is 5.43. The maximum Gasteiger partial charge on any atom is 0.338 e. The molecule has 1 amide bonds. The molecule has 0 atom stereocenters. The third kappa shape index (κ3) is 3.18. The van der Waals surface area contributed by atoms with Crippen molar-refractivity contribution in [2.45, 2.75) is 0 Å². The lowest BCUT2D eigenvalue weighted by atomic mass is 10.2. The molecule has 0 aliphatic heterocycles. The second kappa shape index (κ2) is 5.79. The number of aromatic nitrogens is 1. The summed E-state index contributed by atoms with van der Waals surface area (Å²) < 4.78 is 13.9. The number of halogens is 2. The summed E-state index contributed by atoms with van der Waals surface area (Å²) in [6.07, 6.45) is 1.46. The Kier molecular flexibility index (Phi) is 4.09. The van der Waals surface area contributed by atoms with Gasteiger partial charge in [0.15, 0.2) is 0 Å². The minimum Gasteiger partial charge on any atom is -0.478 e. The van der Waals surface area contributed by atoms with Gasteiger partial charge in [-0.05, 0) is 46.3 Å². The van der Waals surface area contributed by atoms with E-state index in [1.165, 1.54) is 18.3 Å². The van der Waals surface area contributed by atoms with Gasteiger partial charge in [0.1, 0.15) is 11.5 Å². The van der Waals surface area contributed by atoms with E-state index in [0.29, 0.717) is 0 Å². The van der Waals surface area contributed by atoms with Gasteiger partial charge in [-0.2, -0.15) is 0 Å². The number of hydrogen-bond donors (Lipinski definition) is 2. The average molecular weight is 339 g/mol. The zero-order chi connectivity index (χ0) is 14.7. The van der Waals surface area contributed by atoms with E-state index < -0.39 is 23.3 Å². The van der Waals surface area contributed by atoms with E-state index in [4.69, 9.17) is 5.11 Å². The summed E-state index contributed by atoms with van der Waals surface area (Å²) in [6.45, 7) is 0. The largest absolute Gasteiger partial charge is 0.478 e. The molecule has 5 nitrogen and oxygen atoms in total. The van der Waals surface area contributed by atoms with Crippen molar-refractivity contribution >= 4 is 33.5 Å². The molecule has 0 saturated heterocycles. The fourth-order valence-electron chi connectivity index (χ4n) is 1.47. The topological polar surface area (TPSA) is 79.3 Å². The number of hydrogen-bond acceptors (Lipinski definition) is 3. The van der Waals surface area contributed by atoms with E-state index in [0.717, 1.165) is 16.6 Å². The molecule has 1 aromatic heterocycles. The van der Waals surface area contributed by atoms with Gasteiger partial charge in [-0.1, -0.05) is 0 Å². The van der Waals surface area contributed by atoms with Gasteiger partial charge in [0.05, 0.1) is 5.56 Å². The van der Waals surface area contributed by atoms with Crippen LogP contribution in [0.5, 0.6) is 0 Å². The van der Waals surface area contributed by atoms with Gasteiger partial charge in [0.2, 0.25) is 0 Å². The van der Waals surface area contributed by atoms with E-state index >= 15 is 0 Å². The maximum atomic E-state index is 13.2. The minimum absolute atomic E-state index is 0.161. The fraction of sp³-hybridized carbons (Fsp3) is 0. The molecule has 0 bridgehead atoms. The molecule has 0 spiro atoms. The van der Waals surface area contributed by atoms with Crippen LogP contribution in [0.15, 0.2) is 41.0 Å². The van der Waals surface area contributed by atoms with E-state index in [1.54, 1.807) is 6.07 Å². The van der Waals surface area contributed by atoms with Crippen molar-refractivity contribution in [2.24, 2.45) is 0 Å². The number of amides is 1. The van der Waals surface area contributed by atoms with Crippen molar-refractivity contribution in [3.05, 3.63) is 58.1 Å². The molecule has 2 rings (SSSR count). The van der Waals surface area contributed by atoms with Crippen LogP contribution < -0.4 is 5.32 Å². The lowest BCUT2D eigenvalue weighted by Crippen LogP contribution is -2.14. The Morgan fingerprint density at radius 1 is 1.25 bits per heavy atom. The number of nitrogens with zero attached hydrogens (tertiary/aromatic N) is 1. The van der Waals surface area contributed by atoms with Crippen LogP contribution in [-0.2, 0) is 0 Å². The minimum atomic E-state index is -1.40. The standard InChI is InChI=1S/C13H8BrFN2O3/c14-7-1-4-11(16-6-7)12(18)17-8-2-3-10(15)9(5-8)13(19)20/h1-6H,(H,17,18)(H,19,20). The second-order valence-electron chi connectivity index (χ2n) is 3.82. The summed E-state index contributed by atoms with van der Waals surface area (Å²) in [4.78, 5) is 26.6. The zero-order valence-corrected chi connectivity index (χ0v) is 11.5. The van der Waals surface area contributed by atoms with E-state index in [9.17, 15) is 14.0 Å². The lowest BCUT2D eigenvalue weighted by molar-refractivity contribution is 0.0691. The smallest absolute Gasteiger partial charge is 0.338 e. The Morgan fingerprint density at radius 2 is 2.00 bits per heavy atom. The number of nitrogens with one attached hydrogen (secondary N) is 1. The molecule has 7 heteroatoms. The summed E-state index contributed by atoms with van der Waals surface area (Å²) >= 11 is 3.19. The first-order valence-corrected chi connectivity index (χ1v) is 6.22. The molecule has 20 heavy (non-hydrogen) atoms. The van der Waals surface area contributed by atoms with Gasteiger partial charge in [0, 0.05) is 16.4 Å². The van der Waals surface area contributed by atoms with E-state index in [1.807, 2.05) is 0 Å². The van der Waals surface area contributed by atoms with Crippen molar-refractivity contribution in [2.75, 3.05) is 5.32 Å². The molecular formula is C13H8BrFN2O3. The first-order chi connectivity index (χ1) is 9.47. The normalized spacial score (nSPS) is 10.1. The fourth-order valence-corrected chi connectivity index (χ4v) is 1.71. The number of carboxylic acids is 1. The number of carboxylic acid groups (broad SMARTS) is 1. The predicted octanol–water partition coefficient (Wildman–Crippen LogP) is 2.93. The van der Waals surface area contributed by atoms with Crippen molar-refractivity contribution in [1.29, 1.82) is 0 Å². The highest BCUT2D eigenvalue weighted by molar-refractivity contribution is 9.10. The SMILES string of the molecule is O=C(Nc1ccc(F)c(C(=O)O)c1)c1ccc(Br)cn1. The molecule has 2 aromatic rings. The lowest BCUT2D eigenvalue weighted by Gasteiger charge is -2.06. The summed E-state index contributed by atoms with van der Waals surface area (Å²) in [6, 6.07) is 6.46. The number of carbonyl (C=O) groups is 2. The quantitative estimate of drug-likeness (QED) is 0.901. The Balaban J connectivity index is 2.21. The summed E-state index contributed by atoms with van der Waals surface area (Å²) in [5.74, 6) is -2.78. The maximum absolute atomic E-state index is 13.2. The Bertz CT molecular complexity index is 674. The number of aromatic carboxylic acids is 1. The van der Waals surface area contributed by atoms with Crippen molar-refractivity contribution in [1.82, 2.24) is 4.98 Å². The molecular weight excluding hydrogens is 331 g/mol. The van der Waals surface area contributed by atoms with Gasteiger partial charge in [-0.3, -0.25) is 4.79 Å². The molecule has 1 heterocycles. The number of pyridine rings is 1. The van der Waals surface area contributed by atoms with E-state index in [2.05, 4.69) is 26.2 Å². The molecule has 1 aromatic carbocycles. The highest BCUT2D eigenvalue weighted by Crippen LogP contribution is 2.16. The Hall–Kier alpha value is -2.28. The Labute approximate surface area is 121 Å². The van der Waals surface area contributed by atoms with Crippen molar-refractivity contribution in [3.63, 3.8) is 0 Å². The second-order valence-corrected chi connectivity index (χ2v) is 4.73. The van der Waals surface area contributed by atoms with Crippen molar-refractivity contribution in [3.8, 4) is 0 Å². The van der Waals surface area contributed by atoms with Crippen LogP contribution in [0, 0.1) is 5.82 Å². The van der Waals surface area contributed by atoms with Crippen LogP contribution in [0.3, 0.4) is 0 Å².